The van der Waals surface area contributed by atoms with E-state index in [0.29, 0.717) is 5.65 Å². The lowest BCUT2D eigenvalue weighted by atomic mass is 9.96. The monoisotopic (exact) mass is 313 g/mol. The Bertz CT molecular complexity index is 689. The number of hydrogen-bond donors (Lipinski definition) is 0. The van der Waals surface area contributed by atoms with Crippen molar-refractivity contribution in [2.75, 3.05) is 31.6 Å². The molecule has 1 saturated heterocycles. The fraction of sp³-hybridized carbons (Fsp3) is 0.529. The van der Waals surface area contributed by atoms with Gasteiger partial charge in [0, 0.05) is 39.1 Å². The average molecular weight is 313 g/mol. The molecule has 0 saturated carbocycles. The van der Waals surface area contributed by atoms with E-state index in [0.717, 1.165) is 50.1 Å². The Labute approximate surface area is 136 Å². The van der Waals surface area contributed by atoms with E-state index in [4.69, 9.17) is 0 Å². The minimum absolute atomic E-state index is 0.0675. The lowest BCUT2D eigenvalue weighted by molar-refractivity contribution is -0.134. The molecular weight excluding hydrogens is 290 g/mol. The molecule has 1 aliphatic rings. The van der Waals surface area contributed by atoms with E-state index in [1.54, 1.807) is 12.4 Å². The summed E-state index contributed by atoms with van der Waals surface area (Å²) in [6, 6.07) is 2.01. The van der Waals surface area contributed by atoms with Crippen LogP contribution in [0.3, 0.4) is 0 Å². The first kappa shape index (κ1) is 15.6. The van der Waals surface area contributed by atoms with Gasteiger partial charge in [0.15, 0.2) is 5.65 Å². The van der Waals surface area contributed by atoms with Gasteiger partial charge in [-0.05, 0) is 25.3 Å². The molecule has 122 valence electrons. The largest absolute Gasteiger partial charge is 0.369 e. The summed E-state index contributed by atoms with van der Waals surface area (Å²) in [5, 5.41) is 0. The molecule has 6 heteroatoms. The standard InChI is InChI=1S/C17H23N5O/c1-3-8-21(2)17(23)13-5-4-9-22(12-13)14-10-15-16(20-11-14)19-7-6-18-15/h6-7,10-11,13H,3-5,8-9,12H2,1-2H3/t13-/m0/s1. The van der Waals surface area contributed by atoms with Gasteiger partial charge >= 0.3 is 0 Å². The summed E-state index contributed by atoms with van der Waals surface area (Å²) in [4.78, 5) is 29.5. The zero-order valence-electron chi connectivity index (χ0n) is 13.8. The van der Waals surface area contributed by atoms with E-state index < -0.39 is 0 Å². The van der Waals surface area contributed by atoms with Crippen molar-refractivity contribution in [2.45, 2.75) is 26.2 Å². The third-order valence-electron chi connectivity index (χ3n) is 4.38. The molecular formula is C17H23N5O. The molecule has 1 amide bonds. The van der Waals surface area contributed by atoms with Gasteiger partial charge in [-0.1, -0.05) is 6.92 Å². The molecule has 2 aromatic heterocycles. The van der Waals surface area contributed by atoms with Gasteiger partial charge < -0.3 is 9.80 Å². The third kappa shape index (κ3) is 3.41. The molecule has 1 atom stereocenters. The van der Waals surface area contributed by atoms with Crippen molar-refractivity contribution in [1.29, 1.82) is 0 Å². The number of hydrogen-bond acceptors (Lipinski definition) is 5. The molecule has 0 radical (unpaired) electrons. The number of rotatable bonds is 4. The van der Waals surface area contributed by atoms with Crippen LogP contribution in [0.1, 0.15) is 26.2 Å². The molecule has 0 aromatic carbocycles. The van der Waals surface area contributed by atoms with E-state index in [-0.39, 0.29) is 11.8 Å². The fourth-order valence-corrected chi connectivity index (χ4v) is 3.19. The number of fused-ring (bicyclic) bond motifs is 1. The second-order valence-electron chi connectivity index (χ2n) is 6.14. The van der Waals surface area contributed by atoms with Crippen LogP contribution in [-0.2, 0) is 4.79 Å². The third-order valence-corrected chi connectivity index (χ3v) is 4.38. The molecule has 0 bridgehead atoms. The highest BCUT2D eigenvalue weighted by molar-refractivity contribution is 5.80. The molecule has 0 aliphatic carbocycles. The molecule has 1 fully saturated rings. The first-order valence-electron chi connectivity index (χ1n) is 8.25. The van der Waals surface area contributed by atoms with Crippen molar-refractivity contribution in [2.24, 2.45) is 5.92 Å². The van der Waals surface area contributed by atoms with Crippen LogP contribution in [0.25, 0.3) is 11.2 Å². The predicted octanol–water partition coefficient (Wildman–Crippen LogP) is 2.11. The highest BCUT2D eigenvalue weighted by Gasteiger charge is 2.28. The maximum Gasteiger partial charge on any atom is 0.227 e. The van der Waals surface area contributed by atoms with Crippen molar-refractivity contribution >= 4 is 22.8 Å². The first-order chi connectivity index (χ1) is 11.2. The maximum absolute atomic E-state index is 12.5. The molecule has 3 heterocycles. The normalized spacial score (nSPS) is 18.2. The number of piperidine rings is 1. The second kappa shape index (κ2) is 6.89. The van der Waals surface area contributed by atoms with E-state index in [2.05, 4.69) is 26.8 Å². The fourth-order valence-electron chi connectivity index (χ4n) is 3.19. The van der Waals surface area contributed by atoms with Gasteiger partial charge in [0.05, 0.1) is 17.8 Å². The summed E-state index contributed by atoms with van der Waals surface area (Å²) in [5.74, 6) is 0.322. The molecule has 6 nitrogen and oxygen atoms in total. The number of aromatic nitrogens is 3. The lowest BCUT2D eigenvalue weighted by Crippen LogP contribution is -2.44. The second-order valence-corrected chi connectivity index (χ2v) is 6.14. The zero-order valence-corrected chi connectivity index (χ0v) is 13.8. The van der Waals surface area contributed by atoms with E-state index >= 15 is 0 Å². The molecule has 0 spiro atoms. The van der Waals surface area contributed by atoms with Crippen LogP contribution >= 0.6 is 0 Å². The van der Waals surface area contributed by atoms with Crippen molar-refractivity contribution in [3.63, 3.8) is 0 Å². The number of carbonyl (C=O) groups excluding carboxylic acids is 1. The Morgan fingerprint density at radius 1 is 1.35 bits per heavy atom. The van der Waals surface area contributed by atoms with Crippen LogP contribution in [0, 0.1) is 5.92 Å². The van der Waals surface area contributed by atoms with Gasteiger partial charge in [-0.2, -0.15) is 0 Å². The van der Waals surface area contributed by atoms with Gasteiger partial charge in [-0.3, -0.25) is 9.78 Å². The van der Waals surface area contributed by atoms with Crippen molar-refractivity contribution in [1.82, 2.24) is 19.9 Å². The van der Waals surface area contributed by atoms with Gasteiger partial charge in [0.25, 0.3) is 0 Å². The summed E-state index contributed by atoms with van der Waals surface area (Å²) in [6.45, 7) is 4.62. The predicted molar refractivity (Wildman–Crippen MR) is 90.2 cm³/mol. The van der Waals surface area contributed by atoms with Crippen LogP contribution in [0.4, 0.5) is 5.69 Å². The summed E-state index contributed by atoms with van der Waals surface area (Å²) in [5.41, 5.74) is 2.47. The number of anilines is 1. The highest BCUT2D eigenvalue weighted by Crippen LogP contribution is 2.25. The minimum Gasteiger partial charge on any atom is -0.369 e. The summed E-state index contributed by atoms with van der Waals surface area (Å²) in [6.07, 6.45) is 8.13. The Balaban J connectivity index is 1.75. The first-order valence-corrected chi connectivity index (χ1v) is 8.25. The highest BCUT2D eigenvalue weighted by atomic mass is 16.2. The number of pyridine rings is 1. The smallest absolute Gasteiger partial charge is 0.227 e. The quantitative estimate of drug-likeness (QED) is 0.865. The molecule has 0 N–H and O–H groups in total. The zero-order chi connectivity index (χ0) is 16.2. The Morgan fingerprint density at radius 2 is 2.17 bits per heavy atom. The van der Waals surface area contributed by atoms with Crippen molar-refractivity contribution in [3.8, 4) is 0 Å². The molecule has 23 heavy (non-hydrogen) atoms. The number of amides is 1. The van der Waals surface area contributed by atoms with Gasteiger partial charge in [-0.25, -0.2) is 9.97 Å². The van der Waals surface area contributed by atoms with Crippen LogP contribution < -0.4 is 4.90 Å². The lowest BCUT2D eigenvalue weighted by Gasteiger charge is -2.35. The van der Waals surface area contributed by atoms with Gasteiger partial charge in [-0.15, -0.1) is 0 Å². The minimum atomic E-state index is 0.0675. The number of carbonyl (C=O) groups is 1. The maximum atomic E-state index is 12.5. The Morgan fingerprint density at radius 3 is 3.00 bits per heavy atom. The summed E-state index contributed by atoms with van der Waals surface area (Å²) in [7, 11) is 1.90. The summed E-state index contributed by atoms with van der Waals surface area (Å²) >= 11 is 0. The molecule has 0 unspecified atom stereocenters. The van der Waals surface area contributed by atoms with E-state index in [1.165, 1.54) is 0 Å². The molecule has 3 rings (SSSR count). The van der Waals surface area contributed by atoms with Crippen molar-refractivity contribution in [3.05, 3.63) is 24.7 Å². The van der Waals surface area contributed by atoms with Crippen LogP contribution in [0.15, 0.2) is 24.7 Å². The van der Waals surface area contributed by atoms with Crippen LogP contribution in [0.2, 0.25) is 0 Å². The van der Waals surface area contributed by atoms with E-state index in [9.17, 15) is 4.79 Å². The van der Waals surface area contributed by atoms with E-state index in [1.807, 2.05) is 24.2 Å². The van der Waals surface area contributed by atoms with Gasteiger partial charge in [0.2, 0.25) is 5.91 Å². The van der Waals surface area contributed by atoms with Crippen molar-refractivity contribution < 1.29 is 4.79 Å². The van der Waals surface area contributed by atoms with Crippen LogP contribution in [-0.4, -0.2) is 52.4 Å². The SMILES string of the molecule is CCCN(C)C(=O)[C@H]1CCCN(c2cnc3nccnc3c2)C1. The van der Waals surface area contributed by atoms with Crippen LogP contribution in [0.5, 0.6) is 0 Å². The number of nitrogens with zero attached hydrogens (tertiary/aromatic N) is 5. The topological polar surface area (TPSA) is 62.2 Å². The Kier molecular flexibility index (Phi) is 4.69. The Hall–Kier alpha value is -2.24. The molecule has 1 aliphatic heterocycles. The summed E-state index contributed by atoms with van der Waals surface area (Å²) < 4.78 is 0. The average Bonchev–Trinajstić information content (AvgIpc) is 2.61. The molecule has 2 aromatic rings. The van der Waals surface area contributed by atoms with Gasteiger partial charge in [0.1, 0.15) is 5.52 Å².